The van der Waals surface area contributed by atoms with Crippen LogP contribution in [-0.2, 0) is 17.6 Å². The van der Waals surface area contributed by atoms with Gasteiger partial charge in [-0.1, -0.05) is 91.0 Å². The second kappa shape index (κ2) is 7.87. The van der Waals surface area contributed by atoms with Gasteiger partial charge in [-0.3, -0.25) is 4.99 Å². The molecule has 0 aromatic heterocycles. The summed E-state index contributed by atoms with van der Waals surface area (Å²) in [6.07, 6.45) is 0.665. The molecule has 0 amide bonds. The molecule has 1 atom stereocenters. The lowest BCUT2D eigenvalue weighted by Crippen LogP contribution is -2.44. The molecule has 3 aromatic carbocycles. The highest BCUT2D eigenvalue weighted by molar-refractivity contribution is 5.95. The minimum Gasteiger partial charge on any atom is -0.383 e. The third-order valence-electron chi connectivity index (χ3n) is 4.95. The fraction of sp³-hybridized carbons (Fsp3) is 0.208. The molecule has 0 radical (unpaired) electrons. The van der Waals surface area contributed by atoms with E-state index in [0.717, 1.165) is 16.7 Å². The third-order valence-corrected chi connectivity index (χ3v) is 4.95. The first kappa shape index (κ1) is 17.7. The van der Waals surface area contributed by atoms with Crippen LogP contribution in [0.5, 0.6) is 0 Å². The van der Waals surface area contributed by atoms with E-state index in [1.807, 2.05) is 91.0 Å². The first-order valence-electron chi connectivity index (χ1n) is 9.27. The van der Waals surface area contributed by atoms with Crippen LogP contribution >= 0.6 is 0 Å². The maximum absolute atomic E-state index is 11.7. The fourth-order valence-corrected chi connectivity index (χ4v) is 3.55. The Morgan fingerprint density at radius 2 is 1.26 bits per heavy atom. The van der Waals surface area contributed by atoms with Gasteiger partial charge in [0.05, 0.1) is 12.3 Å². The van der Waals surface area contributed by atoms with Crippen LogP contribution in [0.25, 0.3) is 0 Å². The molecule has 1 aliphatic heterocycles. The molecule has 1 unspecified atom stereocenters. The number of rotatable bonds is 6. The normalized spacial score (nSPS) is 16.9. The van der Waals surface area contributed by atoms with E-state index < -0.39 is 5.60 Å². The van der Waals surface area contributed by atoms with Crippen LogP contribution < -0.4 is 0 Å². The Labute approximate surface area is 160 Å². The van der Waals surface area contributed by atoms with Gasteiger partial charge in [-0.15, -0.1) is 0 Å². The lowest BCUT2D eigenvalue weighted by Gasteiger charge is -2.28. The van der Waals surface area contributed by atoms with Crippen molar-refractivity contribution in [2.24, 2.45) is 4.99 Å². The average molecular weight is 357 g/mol. The van der Waals surface area contributed by atoms with Gasteiger partial charge < -0.3 is 9.84 Å². The molecule has 0 saturated heterocycles. The van der Waals surface area contributed by atoms with Crippen molar-refractivity contribution < 1.29 is 9.84 Å². The molecule has 27 heavy (non-hydrogen) atoms. The zero-order chi connectivity index (χ0) is 18.5. The predicted octanol–water partition coefficient (Wildman–Crippen LogP) is 4.37. The zero-order valence-corrected chi connectivity index (χ0v) is 15.2. The highest BCUT2D eigenvalue weighted by atomic mass is 16.5. The van der Waals surface area contributed by atoms with Crippen molar-refractivity contribution in [3.8, 4) is 0 Å². The molecular weight excluding hydrogens is 334 g/mol. The fourth-order valence-electron chi connectivity index (χ4n) is 3.55. The second-order valence-corrected chi connectivity index (χ2v) is 7.01. The number of benzene rings is 3. The van der Waals surface area contributed by atoms with Gasteiger partial charge in [0.1, 0.15) is 5.60 Å². The Morgan fingerprint density at radius 3 is 1.78 bits per heavy atom. The number of hydrogen-bond donors (Lipinski definition) is 1. The van der Waals surface area contributed by atoms with Crippen molar-refractivity contribution >= 4 is 5.71 Å². The van der Waals surface area contributed by atoms with Crippen LogP contribution in [0.4, 0.5) is 0 Å². The van der Waals surface area contributed by atoms with Crippen molar-refractivity contribution in [2.75, 3.05) is 6.61 Å². The van der Waals surface area contributed by atoms with Crippen molar-refractivity contribution in [2.45, 2.75) is 24.7 Å². The van der Waals surface area contributed by atoms with Crippen molar-refractivity contribution in [1.82, 2.24) is 0 Å². The van der Waals surface area contributed by atoms with Gasteiger partial charge in [0.2, 0.25) is 0 Å². The predicted molar refractivity (Wildman–Crippen MR) is 108 cm³/mol. The molecular formula is C24H23NO2. The zero-order valence-electron chi connectivity index (χ0n) is 15.2. The first-order valence-corrected chi connectivity index (χ1v) is 9.27. The monoisotopic (exact) mass is 357 g/mol. The molecule has 0 fully saturated rings. The lowest BCUT2D eigenvalue weighted by atomic mass is 9.84. The van der Waals surface area contributed by atoms with E-state index in [0.29, 0.717) is 25.2 Å². The highest BCUT2D eigenvalue weighted by Crippen LogP contribution is 2.30. The van der Waals surface area contributed by atoms with Crippen LogP contribution in [0.2, 0.25) is 0 Å². The Kier molecular flexibility index (Phi) is 5.14. The van der Waals surface area contributed by atoms with Crippen LogP contribution in [0.3, 0.4) is 0 Å². The molecule has 4 rings (SSSR count). The number of hydrogen-bond acceptors (Lipinski definition) is 3. The van der Waals surface area contributed by atoms with Crippen molar-refractivity contribution in [3.63, 3.8) is 0 Å². The molecule has 3 heteroatoms. The maximum atomic E-state index is 11.7. The number of aliphatic imine (C=N–C) groups is 1. The van der Waals surface area contributed by atoms with E-state index in [1.54, 1.807) is 0 Å². The summed E-state index contributed by atoms with van der Waals surface area (Å²) in [5.41, 5.74) is 2.81. The van der Waals surface area contributed by atoms with Gasteiger partial charge in [0.25, 0.3) is 0 Å². The summed E-state index contributed by atoms with van der Waals surface area (Å²) >= 11 is 0. The summed E-state index contributed by atoms with van der Waals surface area (Å²) in [6, 6.07) is 30.1. The first-order chi connectivity index (χ1) is 13.2. The minimum atomic E-state index is -1.08. The van der Waals surface area contributed by atoms with Crippen LogP contribution in [-0.4, -0.2) is 23.0 Å². The standard InChI is InChI=1S/C24H23NO2/c26-24(16-19-10-4-1-5-11-19,17-20-12-6-2-7-13-20)22-18-27-23(25-22)21-14-8-3-9-15-21/h1-15,23,26H,16-18H2. The smallest absolute Gasteiger partial charge is 0.174 e. The molecule has 0 bridgehead atoms. The largest absolute Gasteiger partial charge is 0.383 e. The van der Waals surface area contributed by atoms with E-state index in [1.165, 1.54) is 0 Å². The van der Waals surface area contributed by atoms with E-state index in [9.17, 15) is 5.11 Å². The topological polar surface area (TPSA) is 41.8 Å². The summed E-state index contributed by atoms with van der Waals surface area (Å²) in [7, 11) is 0. The van der Waals surface area contributed by atoms with Crippen LogP contribution in [0.1, 0.15) is 22.9 Å². The molecule has 1 heterocycles. The summed E-state index contributed by atoms with van der Waals surface area (Å²) in [5.74, 6) is 0. The third kappa shape index (κ3) is 4.16. The Morgan fingerprint density at radius 1 is 0.778 bits per heavy atom. The quantitative estimate of drug-likeness (QED) is 0.712. The Balaban J connectivity index is 1.65. The van der Waals surface area contributed by atoms with Gasteiger partial charge in [-0.25, -0.2) is 0 Å². The molecule has 3 nitrogen and oxygen atoms in total. The van der Waals surface area contributed by atoms with E-state index in [2.05, 4.69) is 0 Å². The van der Waals surface area contributed by atoms with E-state index >= 15 is 0 Å². The molecule has 0 saturated carbocycles. The summed E-state index contributed by atoms with van der Waals surface area (Å²) < 4.78 is 5.91. The van der Waals surface area contributed by atoms with E-state index in [-0.39, 0.29) is 6.23 Å². The van der Waals surface area contributed by atoms with Gasteiger partial charge in [0.15, 0.2) is 6.23 Å². The Bertz CT molecular complexity index is 850. The van der Waals surface area contributed by atoms with Crippen molar-refractivity contribution in [1.29, 1.82) is 0 Å². The maximum Gasteiger partial charge on any atom is 0.174 e. The van der Waals surface area contributed by atoms with Gasteiger partial charge in [-0.2, -0.15) is 0 Å². The lowest BCUT2D eigenvalue weighted by molar-refractivity contribution is 0.0918. The SMILES string of the molecule is OC(Cc1ccccc1)(Cc1ccccc1)C1=NC(c2ccccc2)OC1. The molecule has 0 aliphatic carbocycles. The number of aliphatic hydroxyl groups is 1. The average Bonchev–Trinajstić information content (AvgIpc) is 3.21. The summed E-state index contributed by atoms with van der Waals surface area (Å²) in [4.78, 5) is 4.77. The summed E-state index contributed by atoms with van der Waals surface area (Å²) in [5, 5.41) is 11.7. The van der Waals surface area contributed by atoms with Crippen molar-refractivity contribution in [3.05, 3.63) is 108 Å². The van der Waals surface area contributed by atoms with Gasteiger partial charge in [-0.05, 0) is 11.1 Å². The van der Waals surface area contributed by atoms with Crippen LogP contribution in [0.15, 0.2) is 96.0 Å². The molecule has 136 valence electrons. The minimum absolute atomic E-state index is 0.343. The van der Waals surface area contributed by atoms with Gasteiger partial charge >= 0.3 is 0 Å². The second-order valence-electron chi connectivity index (χ2n) is 7.01. The molecule has 1 N–H and O–H groups in total. The van der Waals surface area contributed by atoms with E-state index in [4.69, 9.17) is 9.73 Å². The Hall–Kier alpha value is -2.75. The highest BCUT2D eigenvalue weighted by Gasteiger charge is 2.37. The molecule has 1 aliphatic rings. The number of ether oxygens (including phenoxy) is 1. The van der Waals surface area contributed by atoms with Crippen LogP contribution in [0, 0.1) is 0 Å². The molecule has 0 spiro atoms. The molecule has 3 aromatic rings. The number of nitrogens with zero attached hydrogens (tertiary/aromatic N) is 1. The van der Waals surface area contributed by atoms with Gasteiger partial charge in [0, 0.05) is 18.4 Å². The summed E-state index contributed by atoms with van der Waals surface area (Å²) in [6.45, 7) is 0.343.